The van der Waals surface area contributed by atoms with Gasteiger partial charge in [0, 0.05) is 25.2 Å². The molecule has 0 aliphatic heterocycles. The third kappa shape index (κ3) is 7.58. The van der Waals surface area contributed by atoms with E-state index in [0.717, 1.165) is 28.3 Å². The van der Waals surface area contributed by atoms with E-state index in [4.69, 9.17) is 16.3 Å². The molecule has 0 saturated heterocycles. The molecule has 0 atom stereocenters. The predicted molar refractivity (Wildman–Crippen MR) is 109 cm³/mol. The van der Waals surface area contributed by atoms with E-state index < -0.39 is 0 Å². The van der Waals surface area contributed by atoms with Crippen molar-refractivity contribution in [2.24, 2.45) is 4.99 Å². The number of hydrogen-bond acceptors (Lipinski definition) is 3. The number of benzene rings is 2. The van der Waals surface area contributed by atoms with Crippen molar-refractivity contribution in [3.63, 3.8) is 0 Å². The molecule has 0 radical (unpaired) electrons. The minimum atomic E-state index is -0.108. The van der Waals surface area contributed by atoms with Crippen molar-refractivity contribution in [2.45, 2.75) is 13.0 Å². The number of nitrogens with zero attached hydrogens (tertiary/aromatic N) is 1. The summed E-state index contributed by atoms with van der Waals surface area (Å²) >= 11 is 5.98. The minimum Gasteiger partial charge on any atom is -0.497 e. The van der Waals surface area contributed by atoms with Gasteiger partial charge in [0.1, 0.15) is 5.75 Å². The Balaban J connectivity index is 1.67. The van der Waals surface area contributed by atoms with Gasteiger partial charge in [-0.3, -0.25) is 9.79 Å². The monoisotopic (exact) mass is 388 g/mol. The highest BCUT2D eigenvalue weighted by Crippen LogP contribution is 2.11. The zero-order valence-corrected chi connectivity index (χ0v) is 16.3. The Hall–Kier alpha value is -2.73. The second kappa shape index (κ2) is 11.1. The van der Waals surface area contributed by atoms with Gasteiger partial charge in [0.15, 0.2) is 5.96 Å². The standard InChI is InChI=1S/C20H25ClN4O2/c1-22-20(23-11-10-15-4-3-5-17(21)12-15)25-14-19(26)24-13-16-6-8-18(27-2)9-7-16/h3-9,12H,10-11,13-14H2,1-2H3,(H,24,26)(H2,22,23,25). The number of carbonyl (C=O) groups excluding carboxylic acids is 1. The summed E-state index contributed by atoms with van der Waals surface area (Å²) < 4.78 is 5.11. The van der Waals surface area contributed by atoms with Crippen molar-refractivity contribution in [3.8, 4) is 5.75 Å². The molecule has 1 amide bonds. The summed E-state index contributed by atoms with van der Waals surface area (Å²) in [7, 11) is 3.29. The summed E-state index contributed by atoms with van der Waals surface area (Å²) in [6, 6.07) is 15.3. The number of halogens is 1. The third-order valence-corrected chi connectivity index (χ3v) is 4.12. The molecule has 0 heterocycles. The number of methoxy groups -OCH3 is 1. The van der Waals surface area contributed by atoms with E-state index in [0.29, 0.717) is 19.0 Å². The van der Waals surface area contributed by atoms with Crippen LogP contribution in [-0.2, 0) is 17.8 Å². The Bertz CT molecular complexity index is 763. The average molecular weight is 389 g/mol. The maximum absolute atomic E-state index is 12.0. The zero-order chi connectivity index (χ0) is 19.5. The first-order valence-corrected chi connectivity index (χ1v) is 9.07. The molecule has 0 spiro atoms. The van der Waals surface area contributed by atoms with Gasteiger partial charge in [-0.05, 0) is 41.8 Å². The highest BCUT2D eigenvalue weighted by atomic mass is 35.5. The lowest BCUT2D eigenvalue weighted by Gasteiger charge is -2.12. The van der Waals surface area contributed by atoms with Crippen LogP contribution < -0.4 is 20.7 Å². The maximum Gasteiger partial charge on any atom is 0.239 e. The first kappa shape index (κ1) is 20.6. The highest BCUT2D eigenvalue weighted by Gasteiger charge is 2.04. The Morgan fingerprint density at radius 1 is 1.07 bits per heavy atom. The Labute approximate surface area is 165 Å². The van der Waals surface area contributed by atoms with Crippen LogP contribution in [0.3, 0.4) is 0 Å². The smallest absolute Gasteiger partial charge is 0.239 e. The quantitative estimate of drug-likeness (QED) is 0.479. The summed E-state index contributed by atoms with van der Waals surface area (Å²) in [6.07, 6.45) is 0.810. The van der Waals surface area contributed by atoms with Crippen molar-refractivity contribution in [3.05, 3.63) is 64.7 Å². The van der Waals surface area contributed by atoms with Crippen LogP contribution in [0.15, 0.2) is 53.5 Å². The topological polar surface area (TPSA) is 74.8 Å². The van der Waals surface area contributed by atoms with E-state index in [9.17, 15) is 4.79 Å². The van der Waals surface area contributed by atoms with Gasteiger partial charge >= 0.3 is 0 Å². The lowest BCUT2D eigenvalue weighted by molar-refractivity contribution is -0.120. The molecule has 0 saturated carbocycles. The molecule has 0 unspecified atom stereocenters. The summed E-state index contributed by atoms with van der Waals surface area (Å²) in [5.74, 6) is 1.26. The lowest BCUT2D eigenvalue weighted by atomic mass is 10.1. The van der Waals surface area contributed by atoms with Crippen molar-refractivity contribution < 1.29 is 9.53 Å². The molecule has 0 fully saturated rings. The third-order valence-electron chi connectivity index (χ3n) is 3.88. The van der Waals surface area contributed by atoms with Crippen molar-refractivity contribution >= 4 is 23.5 Å². The number of rotatable bonds is 8. The Morgan fingerprint density at radius 3 is 2.52 bits per heavy atom. The summed E-state index contributed by atoms with van der Waals surface area (Å²) in [6.45, 7) is 1.30. The Kier molecular flexibility index (Phi) is 8.45. The molecule has 0 aliphatic rings. The van der Waals surface area contributed by atoms with E-state index in [1.807, 2.05) is 48.5 Å². The predicted octanol–water partition coefficient (Wildman–Crippen LogP) is 2.37. The van der Waals surface area contributed by atoms with Crippen LogP contribution in [0.5, 0.6) is 5.75 Å². The van der Waals surface area contributed by atoms with Crippen molar-refractivity contribution in [1.82, 2.24) is 16.0 Å². The second-order valence-electron chi connectivity index (χ2n) is 5.86. The first-order valence-electron chi connectivity index (χ1n) is 8.69. The molecule has 27 heavy (non-hydrogen) atoms. The van der Waals surface area contributed by atoms with Gasteiger partial charge in [0.25, 0.3) is 0 Å². The fourth-order valence-corrected chi connectivity index (χ4v) is 2.62. The number of hydrogen-bond donors (Lipinski definition) is 3. The molecule has 0 aromatic heterocycles. The molecular weight excluding hydrogens is 364 g/mol. The zero-order valence-electron chi connectivity index (χ0n) is 15.6. The van der Waals surface area contributed by atoms with Crippen molar-refractivity contribution in [1.29, 1.82) is 0 Å². The summed E-state index contributed by atoms with van der Waals surface area (Å²) in [5, 5.41) is 9.77. The van der Waals surface area contributed by atoms with Crippen LogP contribution >= 0.6 is 11.6 Å². The van der Waals surface area contributed by atoms with Gasteiger partial charge in [-0.2, -0.15) is 0 Å². The molecule has 0 aliphatic carbocycles. The molecule has 0 bridgehead atoms. The number of amides is 1. The van der Waals surface area contributed by atoms with E-state index >= 15 is 0 Å². The number of guanidine groups is 1. The van der Waals surface area contributed by atoms with Crippen LogP contribution in [0, 0.1) is 0 Å². The normalized spacial score (nSPS) is 11.0. The van der Waals surface area contributed by atoms with Crippen LogP contribution in [0.2, 0.25) is 5.02 Å². The molecule has 6 nitrogen and oxygen atoms in total. The number of carbonyl (C=O) groups is 1. The number of aliphatic imine (C=N–C) groups is 1. The minimum absolute atomic E-state index is 0.108. The Morgan fingerprint density at radius 2 is 1.85 bits per heavy atom. The van der Waals surface area contributed by atoms with Gasteiger partial charge in [-0.25, -0.2) is 0 Å². The van der Waals surface area contributed by atoms with Crippen LogP contribution in [-0.4, -0.2) is 39.1 Å². The van der Waals surface area contributed by atoms with Gasteiger partial charge in [0.05, 0.1) is 13.7 Å². The van der Waals surface area contributed by atoms with E-state index in [1.165, 1.54) is 0 Å². The van der Waals surface area contributed by atoms with Crippen LogP contribution in [0.1, 0.15) is 11.1 Å². The molecule has 2 aromatic rings. The number of nitrogens with one attached hydrogen (secondary N) is 3. The largest absolute Gasteiger partial charge is 0.497 e. The maximum atomic E-state index is 12.0. The lowest BCUT2D eigenvalue weighted by Crippen LogP contribution is -2.43. The van der Waals surface area contributed by atoms with Gasteiger partial charge in [-0.15, -0.1) is 0 Å². The van der Waals surface area contributed by atoms with E-state index in [-0.39, 0.29) is 12.5 Å². The van der Waals surface area contributed by atoms with E-state index in [1.54, 1.807) is 14.2 Å². The molecule has 7 heteroatoms. The molecule has 144 valence electrons. The average Bonchev–Trinajstić information content (AvgIpc) is 2.69. The fourth-order valence-electron chi connectivity index (χ4n) is 2.41. The highest BCUT2D eigenvalue weighted by molar-refractivity contribution is 6.30. The van der Waals surface area contributed by atoms with Crippen LogP contribution in [0.25, 0.3) is 0 Å². The molecule has 3 N–H and O–H groups in total. The van der Waals surface area contributed by atoms with Gasteiger partial charge in [0.2, 0.25) is 5.91 Å². The van der Waals surface area contributed by atoms with Crippen LogP contribution in [0.4, 0.5) is 0 Å². The van der Waals surface area contributed by atoms with Gasteiger partial charge < -0.3 is 20.7 Å². The van der Waals surface area contributed by atoms with Gasteiger partial charge in [-0.1, -0.05) is 35.9 Å². The first-order chi connectivity index (χ1) is 13.1. The molecule has 2 aromatic carbocycles. The molecular formula is C20H25ClN4O2. The SMILES string of the molecule is CN=C(NCCc1cccc(Cl)c1)NCC(=O)NCc1ccc(OC)cc1. The number of ether oxygens (including phenoxy) is 1. The second-order valence-corrected chi connectivity index (χ2v) is 6.29. The van der Waals surface area contributed by atoms with E-state index in [2.05, 4.69) is 20.9 Å². The van der Waals surface area contributed by atoms with Crippen molar-refractivity contribution in [2.75, 3.05) is 27.2 Å². The molecule has 2 rings (SSSR count). The summed E-state index contributed by atoms with van der Waals surface area (Å²) in [5.41, 5.74) is 2.15. The summed E-state index contributed by atoms with van der Waals surface area (Å²) in [4.78, 5) is 16.1. The fraction of sp³-hybridized carbons (Fsp3) is 0.300.